The van der Waals surface area contributed by atoms with Crippen molar-refractivity contribution in [2.24, 2.45) is 11.7 Å². The van der Waals surface area contributed by atoms with Gasteiger partial charge in [0.2, 0.25) is 5.91 Å². The lowest BCUT2D eigenvalue weighted by molar-refractivity contribution is -0.118. The SMILES string of the molecule is Cc1nc(-c2ccc(NC(=O)[C@@H](N)C(C)C)cc2)cs1. The van der Waals surface area contributed by atoms with E-state index in [1.54, 1.807) is 11.3 Å². The lowest BCUT2D eigenvalue weighted by Gasteiger charge is -2.15. The molecule has 0 saturated carbocycles. The smallest absolute Gasteiger partial charge is 0.241 e. The third-order valence-electron chi connectivity index (χ3n) is 3.09. The van der Waals surface area contributed by atoms with E-state index in [1.165, 1.54) is 0 Å². The first-order chi connectivity index (χ1) is 9.47. The molecule has 0 unspecified atom stereocenters. The third kappa shape index (κ3) is 3.43. The van der Waals surface area contributed by atoms with Crippen molar-refractivity contribution in [2.75, 3.05) is 5.32 Å². The maximum atomic E-state index is 11.9. The highest BCUT2D eigenvalue weighted by molar-refractivity contribution is 7.09. The van der Waals surface area contributed by atoms with Gasteiger partial charge in [-0.3, -0.25) is 4.79 Å². The van der Waals surface area contributed by atoms with Crippen molar-refractivity contribution in [3.05, 3.63) is 34.7 Å². The normalized spacial score (nSPS) is 12.4. The highest BCUT2D eigenvalue weighted by Gasteiger charge is 2.17. The van der Waals surface area contributed by atoms with Crippen molar-refractivity contribution in [2.45, 2.75) is 26.8 Å². The van der Waals surface area contributed by atoms with Crippen LogP contribution < -0.4 is 11.1 Å². The molecule has 0 aliphatic heterocycles. The van der Waals surface area contributed by atoms with Gasteiger partial charge >= 0.3 is 0 Å². The second-order valence-electron chi connectivity index (χ2n) is 5.09. The molecule has 0 spiro atoms. The average molecular weight is 289 g/mol. The Hall–Kier alpha value is -1.72. The van der Waals surface area contributed by atoms with Crippen molar-refractivity contribution in [1.29, 1.82) is 0 Å². The average Bonchev–Trinajstić information content (AvgIpc) is 2.85. The van der Waals surface area contributed by atoms with E-state index in [2.05, 4.69) is 10.3 Å². The summed E-state index contributed by atoms with van der Waals surface area (Å²) in [5.74, 6) is -0.0375. The molecular weight excluding hydrogens is 270 g/mol. The Bertz CT molecular complexity index is 589. The fourth-order valence-electron chi connectivity index (χ4n) is 1.75. The number of nitrogens with one attached hydrogen (secondary N) is 1. The van der Waals surface area contributed by atoms with Gasteiger partial charge in [-0.1, -0.05) is 26.0 Å². The molecule has 106 valence electrons. The van der Waals surface area contributed by atoms with Crippen LogP contribution in [0.1, 0.15) is 18.9 Å². The molecule has 4 nitrogen and oxygen atoms in total. The number of nitrogens with two attached hydrogens (primary N) is 1. The maximum Gasteiger partial charge on any atom is 0.241 e. The first-order valence-corrected chi connectivity index (χ1v) is 7.44. The second kappa shape index (κ2) is 6.15. The summed E-state index contributed by atoms with van der Waals surface area (Å²) in [6.07, 6.45) is 0. The van der Waals surface area contributed by atoms with Crippen LogP contribution in [0.2, 0.25) is 0 Å². The van der Waals surface area contributed by atoms with Crippen molar-refractivity contribution < 1.29 is 4.79 Å². The van der Waals surface area contributed by atoms with E-state index in [0.717, 1.165) is 22.0 Å². The molecule has 2 rings (SSSR count). The Labute approximate surface area is 123 Å². The molecule has 0 radical (unpaired) electrons. The highest BCUT2D eigenvalue weighted by atomic mass is 32.1. The van der Waals surface area contributed by atoms with Gasteiger partial charge in [0.25, 0.3) is 0 Å². The highest BCUT2D eigenvalue weighted by Crippen LogP contribution is 2.23. The van der Waals surface area contributed by atoms with E-state index in [9.17, 15) is 4.79 Å². The quantitative estimate of drug-likeness (QED) is 0.909. The zero-order chi connectivity index (χ0) is 14.7. The van der Waals surface area contributed by atoms with Crippen molar-refractivity contribution >= 4 is 22.9 Å². The van der Waals surface area contributed by atoms with Gasteiger partial charge in [0.05, 0.1) is 16.7 Å². The zero-order valence-corrected chi connectivity index (χ0v) is 12.7. The van der Waals surface area contributed by atoms with Crippen LogP contribution in [0.25, 0.3) is 11.3 Å². The van der Waals surface area contributed by atoms with E-state index >= 15 is 0 Å². The molecule has 1 aromatic heterocycles. The van der Waals surface area contributed by atoms with Crippen LogP contribution >= 0.6 is 11.3 Å². The summed E-state index contributed by atoms with van der Waals surface area (Å²) in [5.41, 5.74) is 8.57. The molecule has 2 aromatic rings. The zero-order valence-electron chi connectivity index (χ0n) is 11.9. The van der Waals surface area contributed by atoms with Gasteiger partial charge < -0.3 is 11.1 Å². The lowest BCUT2D eigenvalue weighted by atomic mass is 10.0. The Morgan fingerprint density at radius 2 is 1.95 bits per heavy atom. The standard InChI is InChI=1S/C15H19N3OS/c1-9(2)14(16)15(19)18-12-6-4-11(5-7-12)13-8-20-10(3)17-13/h4-9,14H,16H2,1-3H3,(H,18,19)/t14-/m0/s1. The van der Waals surface area contributed by atoms with E-state index in [1.807, 2.05) is 50.4 Å². The van der Waals surface area contributed by atoms with Gasteiger partial charge in [-0.2, -0.15) is 0 Å². The first kappa shape index (κ1) is 14.7. The van der Waals surface area contributed by atoms with Crippen LogP contribution in [0.3, 0.4) is 0 Å². The molecule has 0 saturated heterocycles. The fraction of sp³-hybridized carbons (Fsp3) is 0.333. The predicted octanol–water partition coefficient (Wildman–Crippen LogP) is 3.04. The Morgan fingerprint density at radius 3 is 2.45 bits per heavy atom. The number of aryl methyl sites for hydroxylation is 1. The Balaban J connectivity index is 2.07. The van der Waals surface area contributed by atoms with Gasteiger partial charge in [0, 0.05) is 16.6 Å². The van der Waals surface area contributed by atoms with Crippen LogP contribution in [0.4, 0.5) is 5.69 Å². The molecule has 1 amide bonds. The number of carbonyl (C=O) groups is 1. The van der Waals surface area contributed by atoms with Gasteiger partial charge in [0.15, 0.2) is 0 Å². The number of hydrogen-bond acceptors (Lipinski definition) is 4. The van der Waals surface area contributed by atoms with Crippen LogP contribution in [0.5, 0.6) is 0 Å². The van der Waals surface area contributed by atoms with Crippen molar-refractivity contribution in [3.63, 3.8) is 0 Å². The molecule has 1 aromatic carbocycles. The largest absolute Gasteiger partial charge is 0.325 e. The summed E-state index contributed by atoms with van der Waals surface area (Å²) in [6, 6.07) is 7.15. The van der Waals surface area contributed by atoms with Gasteiger partial charge in [-0.25, -0.2) is 4.98 Å². The number of amides is 1. The molecule has 0 aliphatic carbocycles. The minimum atomic E-state index is -0.490. The molecule has 3 N–H and O–H groups in total. The molecule has 0 bridgehead atoms. The number of thiazole rings is 1. The molecule has 1 heterocycles. The number of benzene rings is 1. The van der Waals surface area contributed by atoms with Crippen LogP contribution in [-0.2, 0) is 4.79 Å². The molecule has 0 fully saturated rings. The summed E-state index contributed by atoms with van der Waals surface area (Å²) in [4.78, 5) is 16.3. The molecule has 0 aliphatic rings. The summed E-state index contributed by atoms with van der Waals surface area (Å²) in [7, 11) is 0. The monoisotopic (exact) mass is 289 g/mol. The number of carbonyl (C=O) groups excluding carboxylic acids is 1. The Kier molecular flexibility index (Phi) is 4.52. The van der Waals surface area contributed by atoms with Gasteiger partial charge in [0.1, 0.15) is 0 Å². The number of rotatable bonds is 4. The summed E-state index contributed by atoms with van der Waals surface area (Å²) in [6.45, 7) is 5.84. The van der Waals surface area contributed by atoms with Gasteiger partial charge in [-0.05, 0) is 25.0 Å². The first-order valence-electron chi connectivity index (χ1n) is 6.56. The van der Waals surface area contributed by atoms with E-state index in [4.69, 9.17) is 5.73 Å². The molecule has 1 atom stereocenters. The van der Waals surface area contributed by atoms with Crippen molar-refractivity contribution in [1.82, 2.24) is 4.98 Å². The molecule has 5 heteroatoms. The van der Waals surface area contributed by atoms with Crippen LogP contribution in [0.15, 0.2) is 29.6 Å². The fourth-order valence-corrected chi connectivity index (χ4v) is 2.37. The molecule has 20 heavy (non-hydrogen) atoms. The number of anilines is 1. The topological polar surface area (TPSA) is 68.0 Å². The second-order valence-corrected chi connectivity index (χ2v) is 6.15. The van der Waals surface area contributed by atoms with Crippen LogP contribution in [-0.4, -0.2) is 16.9 Å². The van der Waals surface area contributed by atoms with E-state index in [0.29, 0.717) is 0 Å². The third-order valence-corrected chi connectivity index (χ3v) is 3.86. The minimum Gasteiger partial charge on any atom is -0.325 e. The minimum absolute atomic E-state index is 0.118. The summed E-state index contributed by atoms with van der Waals surface area (Å²) < 4.78 is 0. The van der Waals surface area contributed by atoms with Gasteiger partial charge in [-0.15, -0.1) is 11.3 Å². The van der Waals surface area contributed by atoms with E-state index < -0.39 is 6.04 Å². The maximum absolute atomic E-state index is 11.9. The number of aromatic nitrogens is 1. The van der Waals surface area contributed by atoms with Crippen molar-refractivity contribution in [3.8, 4) is 11.3 Å². The summed E-state index contributed by atoms with van der Waals surface area (Å²) in [5, 5.41) is 5.89. The molecular formula is C15H19N3OS. The number of hydrogen-bond donors (Lipinski definition) is 2. The Morgan fingerprint density at radius 1 is 1.30 bits per heavy atom. The summed E-state index contributed by atoms with van der Waals surface area (Å²) >= 11 is 1.62. The van der Waals surface area contributed by atoms with Crippen LogP contribution in [0, 0.1) is 12.8 Å². The lowest BCUT2D eigenvalue weighted by Crippen LogP contribution is -2.39. The predicted molar refractivity (Wildman–Crippen MR) is 83.7 cm³/mol. The van der Waals surface area contributed by atoms with E-state index in [-0.39, 0.29) is 11.8 Å². The number of nitrogens with zero attached hydrogens (tertiary/aromatic N) is 1.